The summed E-state index contributed by atoms with van der Waals surface area (Å²) < 4.78 is 14.3. The lowest BCUT2D eigenvalue weighted by molar-refractivity contribution is 0.0533. The molecule has 4 aromatic rings. The number of amides is 2. The average molecular weight is 451 g/mol. The highest BCUT2D eigenvalue weighted by Gasteiger charge is 2.24. The van der Waals surface area contributed by atoms with E-state index >= 15 is 0 Å². The molecular weight excluding hydrogens is 426 g/mol. The Labute approximate surface area is 189 Å². The third-order valence-electron chi connectivity index (χ3n) is 4.78. The van der Waals surface area contributed by atoms with Crippen molar-refractivity contribution in [2.45, 2.75) is 46.3 Å². The van der Waals surface area contributed by atoms with Crippen LogP contribution in [0.25, 0.3) is 27.9 Å². The number of alkyl carbamates (subject to hydrolysis) is 1. The van der Waals surface area contributed by atoms with Gasteiger partial charge in [0.25, 0.3) is 0 Å². The minimum Gasteiger partial charge on any atom is -0.443 e. The van der Waals surface area contributed by atoms with Gasteiger partial charge in [-0.25, -0.2) is 29.9 Å². The Bertz CT molecular complexity index is 1360. The normalized spacial score (nSPS) is 11.8. The predicted octanol–water partition coefficient (Wildman–Crippen LogP) is 3.93. The zero-order valence-corrected chi connectivity index (χ0v) is 19.0. The lowest BCUT2D eigenvalue weighted by Crippen LogP contribution is -2.38. The van der Waals surface area contributed by atoms with Gasteiger partial charge in [0.15, 0.2) is 5.65 Å². The van der Waals surface area contributed by atoms with Crippen LogP contribution in [0, 0.1) is 0 Å². The Balaban J connectivity index is 1.81. The summed E-state index contributed by atoms with van der Waals surface area (Å²) in [4.78, 5) is 37.3. The monoisotopic (exact) mass is 451 g/mol. The van der Waals surface area contributed by atoms with Gasteiger partial charge in [-0.2, -0.15) is 0 Å². The Morgan fingerprint density at radius 2 is 1.85 bits per heavy atom. The van der Waals surface area contributed by atoms with E-state index in [2.05, 4.69) is 20.3 Å². The number of nitrogens with two attached hydrogens (primary N) is 1. The van der Waals surface area contributed by atoms with Gasteiger partial charge in [-0.15, -0.1) is 0 Å². The third-order valence-corrected chi connectivity index (χ3v) is 4.78. The van der Waals surface area contributed by atoms with Crippen LogP contribution in [0.1, 0.15) is 40.7 Å². The second kappa shape index (κ2) is 8.08. The lowest BCUT2D eigenvalue weighted by Gasteiger charge is -2.19. The van der Waals surface area contributed by atoms with Crippen molar-refractivity contribution in [3.63, 3.8) is 0 Å². The minimum atomic E-state index is -1.02. The highest BCUT2D eigenvalue weighted by Crippen LogP contribution is 2.37. The number of ether oxygens (including phenoxy) is 2. The van der Waals surface area contributed by atoms with E-state index in [-0.39, 0.29) is 11.9 Å². The molecule has 172 valence electrons. The van der Waals surface area contributed by atoms with Crippen molar-refractivity contribution in [3.05, 3.63) is 37.1 Å². The number of hydrogen-bond donors (Lipinski definition) is 2. The molecule has 0 aliphatic heterocycles. The molecule has 0 aliphatic rings. The molecule has 0 aliphatic carbocycles. The third kappa shape index (κ3) is 4.29. The van der Waals surface area contributed by atoms with Gasteiger partial charge in [-0.1, -0.05) is 0 Å². The molecule has 0 saturated carbocycles. The molecule has 0 saturated heterocycles. The summed E-state index contributed by atoms with van der Waals surface area (Å²) in [6, 6.07) is 3.67. The number of aromatic nitrogens is 5. The number of nitrogens with one attached hydrogen (secondary N) is 1. The second-order valence-corrected chi connectivity index (χ2v) is 8.73. The number of imidazole rings is 1. The molecule has 33 heavy (non-hydrogen) atoms. The predicted molar refractivity (Wildman–Crippen MR) is 122 cm³/mol. The summed E-state index contributed by atoms with van der Waals surface area (Å²) in [5.41, 5.74) is 8.46. The largest absolute Gasteiger partial charge is 0.443 e. The van der Waals surface area contributed by atoms with Gasteiger partial charge in [-0.3, -0.25) is 4.40 Å². The summed E-state index contributed by atoms with van der Waals surface area (Å²) in [5.74, 6) is 0.000508. The summed E-state index contributed by atoms with van der Waals surface area (Å²) in [5, 5.41) is 2.56. The zero-order chi connectivity index (χ0) is 23.9. The van der Waals surface area contributed by atoms with Gasteiger partial charge < -0.3 is 19.8 Å². The molecule has 0 radical (unpaired) electrons. The Hall–Kier alpha value is -4.15. The van der Waals surface area contributed by atoms with Crippen molar-refractivity contribution in [1.82, 2.24) is 29.2 Å². The molecular formula is C22H25N7O4. The van der Waals surface area contributed by atoms with Gasteiger partial charge in [0.1, 0.15) is 17.6 Å². The molecule has 4 heterocycles. The van der Waals surface area contributed by atoms with E-state index in [1.165, 1.54) is 6.33 Å². The van der Waals surface area contributed by atoms with Crippen LogP contribution in [0.15, 0.2) is 37.1 Å². The first-order valence-electron chi connectivity index (χ1n) is 10.3. The van der Waals surface area contributed by atoms with E-state index in [0.29, 0.717) is 27.9 Å². The number of nitrogen functional groups attached to an aromatic ring is 1. The lowest BCUT2D eigenvalue weighted by atomic mass is 10.1. The van der Waals surface area contributed by atoms with Crippen LogP contribution in [0.2, 0.25) is 0 Å². The van der Waals surface area contributed by atoms with E-state index in [1.54, 1.807) is 39.2 Å². The molecule has 0 bridgehead atoms. The van der Waals surface area contributed by atoms with Gasteiger partial charge in [0.2, 0.25) is 5.88 Å². The first-order valence-corrected chi connectivity index (χ1v) is 10.3. The van der Waals surface area contributed by atoms with Gasteiger partial charge in [0, 0.05) is 30.2 Å². The number of carbonyl (C=O) groups is 2. The summed E-state index contributed by atoms with van der Waals surface area (Å²) in [7, 11) is 0. The smallest absolute Gasteiger partial charge is 0.423 e. The quantitative estimate of drug-likeness (QED) is 0.478. The van der Waals surface area contributed by atoms with Crippen LogP contribution in [-0.4, -0.2) is 41.7 Å². The van der Waals surface area contributed by atoms with E-state index < -0.39 is 17.8 Å². The molecule has 3 N–H and O–H groups in total. The Morgan fingerprint density at radius 1 is 1.09 bits per heavy atom. The SMILES string of the molecule is CC(C)n1cc(-c2ccc(N)c3nccn23)c2c(OC(=O)NC(=O)OC(C)(C)C)ncnc21. The van der Waals surface area contributed by atoms with Gasteiger partial charge >= 0.3 is 12.2 Å². The summed E-state index contributed by atoms with van der Waals surface area (Å²) in [6.45, 7) is 9.09. The molecule has 0 fully saturated rings. The van der Waals surface area contributed by atoms with Crippen molar-refractivity contribution in [2.24, 2.45) is 0 Å². The number of imide groups is 1. The zero-order valence-electron chi connectivity index (χ0n) is 19.0. The van der Waals surface area contributed by atoms with Crippen LogP contribution in [-0.2, 0) is 4.74 Å². The summed E-state index contributed by atoms with van der Waals surface area (Å²) in [6.07, 6.45) is 4.72. The van der Waals surface area contributed by atoms with Crippen molar-refractivity contribution in [2.75, 3.05) is 5.73 Å². The standard InChI is InChI=1S/C22H25N7O4/c1-12(2)29-10-13(15-7-6-14(23)17-24-8-9-28(15)17)16-18(29)25-11-26-19(16)32-20(30)27-21(31)33-22(3,4)5/h6-12H,23H2,1-5H3,(H,27,30,31). The molecule has 2 amide bonds. The molecule has 4 aromatic heterocycles. The summed E-state index contributed by atoms with van der Waals surface area (Å²) >= 11 is 0. The van der Waals surface area contributed by atoms with Gasteiger partial charge in [0.05, 0.1) is 16.8 Å². The molecule has 11 nitrogen and oxygen atoms in total. The highest BCUT2D eigenvalue weighted by atomic mass is 16.6. The highest BCUT2D eigenvalue weighted by molar-refractivity contribution is 5.99. The second-order valence-electron chi connectivity index (χ2n) is 8.73. The molecule has 0 atom stereocenters. The molecule has 11 heteroatoms. The number of fused-ring (bicyclic) bond motifs is 2. The van der Waals surface area contributed by atoms with Crippen LogP contribution in [0.5, 0.6) is 5.88 Å². The van der Waals surface area contributed by atoms with Gasteiger partial charge in [-0.05, 0) is 46.8 Å². The molecule has 4 rings (SSSR count). The molecule has 0 unspecified atom stereocenters. The van der Waals surface area contributed by atoms with E-state index in [0.717, 1.165) is 5.69 Å². The number of carbonyl (C=O) groups excluding carboxylic acids is 2. The topological polar surface area (TPSA) is 139 Å². The number of anilines is 1. The van der Waals surface area contributed by atoms with Crippen molar-refractivity contribution in [1.29, 1.82) is 0 Å². The number of nitrogens with zero attached hydrogens (tertiary/aromatic N) is 5. The van der Waals surface area contributed by atoms with E-state index in [1.807, 2.05) is 35.1 Å². The van der Waals surface area contributed by atoms with Crippen LogP contribution < -0.4 is 15.8 Å². The molecule has 0 spiro atoms. The van der Waals surface area contributed by atoms with Crippen LogP contribution in [0.3, 0.4) is 0 Å². The fraction of sp³-hybridized carbons (Fsp3) is 0.318. The number of pyridine rings is 1. The van der Waals surface area contributed by atoms with Crippen molar-refractivity contribution in [3.8, 4) is 17.1 Å². The first-order chi connectivity index (χ1) is 15.5. The Morgan fingerprint density at radius 3 is 2.55 bits per heavy atom. The maximum Gasteiger partial charge on any atom is 0.423 e. The first kappa shape index (κ1) is 22.1. The van der Waals surface area contributed by atoms with Crippen molar-refractivity contribution < 1.29 is 19.1 Å². The Kier molecular flexibility index (Phi) is 5.40. The maximum absolute atomic E-state index is 12.4. The van der Waals surface area contributed by atoms with Crippen LogP contribution >= 0.6 is 0 Å². The number of rotatable bonds is 3. The fourth-order valence-corrected chi connectivity index (χ4v) is 3.48. The van der Waals surface area contributed by atoms with E-state index in [9.17, 15) is 9.59 Å². The van der Waals surface area contributed by atoms with Crippen molar-refractivity contribution >= 4 is 34.6 Å². The minimum absolute atomic E-state index is 0.000508. The maximum atomic E-state index is 12.4. The average Bonchev–Trinajstić information content (AvgIpc) is 3.33. The fourth-order valence-electron chi connectivity index (χ4n) is 3.48. The van der Waals surface area contributed by atoms with E-state index in [4.69, 9.17) is 15.2 Å². The molecule has 0 aromatic carbocycles. The number of hydrogen-bond acceptors (Lipinski definition) is 8. The van der Waals surface area contributed by atoms with Crippen LogP contribution in [0.4, 0.5) is 15.3 Å².